The normalized spacial score (nSPS) is 10.4. The van der Waals surface area contributed by atoms with Gasteiger partial charge < -0.3 is 10.2 Å². The van der Waals surface area contributed by atoms with Crippen molar-refractivity contribution in [3.63, 3.8) is 0 Å². The van der Waals surface area contributed by atoms with Gasteiger partial charge in [0.05, 0.1) is 0 Å². The Kier molecular flexibility index (Phi) is 6.21. The minimum absolute atomic E-state index is 0.0463. The standard InChI is InChI=1S/C20H23ClN2O2/c1-5-16-8-6-7-13(2)20(16)22-19(25)12-23(15(4)24)18-10-9-17(21)11-14(18)3/h6-11H,5,12H2,1-4H3,(H,22,25). The minimum atomic E-state index is -0.228. The van der Waals surface area contributed by atoms with Gasteiger partial charge in [0.25, 0.3) is 0 Å². The molecule has 4 nitrogen and oxygen atoms in total. The summed E-state index contributed by atoms with van der Waals surface area (Å²) in [6, 6.07) is 11.2. The van der Waals surface area contributed by atoms with Crippen LogP contribution in [0.1, 0.15) is 30.5 Å². The van der Waals surface area contributed by atoms with Crippen molar-refractivity contribution in [2.75, 3.05) is 16.8 Å². The topological polar surface area (TPSA) is 49.4 Å². The van der Waals surface area contributed by atoms with E-state index < -0.39 is 0 Å². The number of anilines is 2. The van der Waals surface area contributed by atoms with Gasteiger partial charge in [-0.25, -0.2) is 0 Å². The Balaban J connectivity index is 2.23. The smallest absolute Gasteiger partial charge is 0.244 e. The number of carbonyl (C=O) groups is 2. The second kappa shape index (κ2) is 8.17. The number of carbonyl (C=O) groups excluding carboxylic acids is 2. The summed E-state index contributed by atoms with van der Waals surface area (Å²) >= 11 is 5.98. The van der Waals surface area contributed by atoms with Gasteiger partial charge in [-0.2, -0.15) is 0 Å². The van der Waals surface area contributed by atoms with Crippen molar-refractivity contribution >= 4 is 34.8 Å². The van der Waals surface area contributed by atoms with Crippen LogP contribution in [0.15, 0.2) is 36.4 Å². The molecule has 0 atom stereocenters. The number of halogens is 1. The van der Waals surface area contributed by atoms with Crippen LogP contribution in [-0.4, -0.2) is 18.4 Å². The highest BCUT2D eigenvalue weighted by Gasteiger charge is 2.19. The first kappa shape index (κ1) is 19.0. The zero-order chi connectivity index (χ0) is 18.6. The summed E-state index contributed by atoms with van der Waals surface area (Å²) in [5.41, 5.74) is 4.44. The van der Waals surface area contributed by atoms with Gasteiger partial charge in [0.2, 0.25) is 11.8 Å². The van der Waals surface area contributed by atoms with Crippen molar-refractivity contribution in [1.82, 2.24) is 0 Å². The van der Waals surface area contributed by atoms with E-state index in [-0.39, 0.29) is 18.4 Å². The fraction of sp³-hybridized carbons (Fsp3) is 0.300. The number of para-hydroxylation sites is 1. The van der Waals surface area contributed by atoms with E-state index in [9.17, 15) is 9.59 Å². The molecule has 0 saturated heterocycles. The van der Waals surface area contributed by atoms with Crippen molar-refractivity contribution in [2.24, 2.45) is 0 Å². The number of rotatable bonds is 5. The van der Waals surface area contributed by atoms with Gasteiger partial charge in [-0.3, -0.25) is 9.59 Å². The zero-order valence-corrected chi connectivity index (χ0v) is 15.8. The van der Waals surface area contributed by atoms with Crippen molar-refractivity contribution < 1.29 is 9.59 Å². The van der Waals surface area contributed by atoms with E-state index in [0.29, 0.717) is 10.7 Å². The Labute approximate surface area is 153 Å². The van der Waals surface area contributed by atoms with E-state index >= 15 is 0 Å². The number of hydrogen-bond acceptors (Lipinski definition) is 2. The van der Waals surface area contributed by atoms with Crippen LogP contribution in [0.2, 0.25) is 5.02 Å². The van der Waals surface area contributed by atoms with E-state index in [1.807, 2.05) is 39.0 Å². The maximum atomic E-state index is 12.6. The summed E-state index contributed by atoms with van der Waals surface area (Å²) in [6.07, 6.45) is 0.823. The Morgan fingerprint density at radius 1 is 1.12 bits per heavy atom. The van der Waals surface area contributed by atoms with Gasteiger partial charge in [-0.05, 0) is 55.2 Å². The Morgan fingerprint density at radius 3 is 2.44 bits per heavy atom. The molecule has 0 aliphatic carbocycles. The summed E-state index contributed by atoms with van der Waals surface area (Å²) < 4.78 is 0. The maximum Gasteiger partial charge on any atom is 0.244 e. The van der Waals surface area contributed by atoms with Crippen LogP contribution in [0.25, 0.3) is 0 Å². The minimum Gasteiger partial charge on any atom is -0.324 e. The molecule has 132 valence electrons. The summed E-state index contributed by atoms with van der Waals surface area (Å²) in [6.45, 7) is 7.28. The lowest BCUT2D eigenvalue weighted by atomic mass is 10.1. The molecule has 0 aliphatic heterocycles. The number of benzene rings is 2. The first-order chi connectivity index (χ1) is 11.8. The van der Waals surface area contributed by atoms with Crippen LogP contribution in [0.4, 0.5) is 11.4 Å². The second-order valence-electron chi connectivity index (χ2n) is 6.05. The molecule has 0 aliphatic rings. The molecule has 0 bridgehead atoms. The third kappa shape index (κ3) is 4.60. The Hall–Kier alpha value is -2.33. The fourth-order valence-electron chi connectivity index (χ4n) is 2.81. The number of nitrogens with one attached hydrogen (secondary N) is 1. The summed E-state index contributed by atoms with van der Waals surface area (Å²) in [5.74, 6) is -0.422. The molecule has 0 unspecified atom stereocenters. The molecule has 0 heterocycles. The second-order valence-corrected chi connectivity index (χ2v) is 6.48. The van der Waals surface area contributed by atoms with E-state index in [1.165, 1.54) is 11.8 Å². The van der Waals surface area contributed by atoms with Crippen LogP contribution < -0.4 is 10.2 Å². The quantitative estimate of drug-likeness (QED) is 0.854. The molecule has 1 N–H and O–H groups in total. The molecular weight excluding hydrogens is 336 g/mol. The maximum absolute atomic E-state index is 12.6. The van der Waals surface area contributed by atoms with Crippen LogP contribution >= 0.6 is 11.6 Å². The van der Waals surface area contributed by atoms with Gasteiger partial charge in [0.1, 0.15) is 6.54 Å². The molecule has 2 rings (SSSR count). The molecule has 5 heteroatoms. The molecule has 0 spiro atoms. The molecule has 2 aromatic rings. The zero-order valence-electron chi connectivity index (χ0n) is 15.0. The first-order valence-corrected chi connectivity index (χ1v) is 8.63. The summed E-state index contributed by atoms with van der Waals surface area (Å²) in [4.78, 5) is 26.1. The van der Waals surface area contributed by atoms with Gasteiger partial charge in [0, 0.05) is 23.3 Å². The van der Waals surface area contributed by atoms with E-state index in [1.54, 1.807) is 18.2 Å². The highest BCUT2D eigenvalue weighted by molar-refractivity contribution is 6.30. The Morgan fingerprint density at radius 2 is 1.84 bits per heavy atom. The average Bonchev–Trinajstić information content (AvgIpc) is 2.55. The van der Waals surface area contributed by atoms with Crippen molar-refractivity contribution in [3.8, 4) is 0 Å². The average molecular weight is 359 g/mol. The molecule has 0 radical (unpaired) electrons. The summed E-state index contributed by atoms with van der Waals surface area (Å²) in [7, 11) is 0. The number of amides is 2. The molecule has 2 amide bonds. The largest absolute Gasteiger partial charge is 0.324 e. The van der Waals surface area contributed by atoms with E-state index in [4.69, 9.17) is 11.6 Å². The van der Waals surface area contributed by atoms with Crippen LogP contribution in [0.5, 0.6) is 0 Å². The number of aryl methyl sites for hydroxylation is 3. The van der Waals surface area contributed by atoms with Crippen molar-refractivity contribution in [3.05, 3.63) is 58.1 Å². The predicted molar refractivity (Wildman–Crippen MR) is 103 cm³/mol. The van der Waals surface area contributed by atoms with E-state index in [0.717, 1.165) is 28.8 Å². The molecule has 2 aromatic carbocycles. The lowest BCUT2D eigenvalue weighted by molar-refractivity contribution is -0.120. The van der Waals surface area contributed by atoms with Crippen molar-refractivity contribution in [1.29, 1.82) is 0 Å². The summed E-state index contributed by atoms with van der Waals surface area (Å²) in [5, 5.41) is 3.56. The Bertz CT molecular complexity index is 802. The monoisotopic (exact) mass is 358 g/mol. The molecule has 25 heavy (non-hydrogen) atoms. The molecule has 0 fully saturated rings. The number of nitrogens with zero attached hydrogens (tertiary/aromatic N) is 1. The van der Waals surface area contributed by atoms with E-state index in [2.05, 4.69) is 5.32 Å². The third-order valence-electron chi connectivity index (χ3n) is 4.14. The molecule has 0 aromatic heterocycles. The molecular formula is C20H23ClN2O2. The van der Waals surface area contributed by atoms with Gasteiger partial charge in [0.15, 0.2) is 0 Å². The van der Waals surface area contributed by atoms with Gasteiger partial charge in [-0.1, -0.05) is 36.7 Å². The lowest BCUT2D eigenvalue weighted by Crippen LogP contribution is -2.37. The first-order valence-electron chi connectivity index (χ1n) is 8.26. The predicted octanol–water partition coefficient (Wildman–Crippen LogP) is 4.51. The SMILES string of the molecule is CCc1cccc(C)c1NC(=O)CN(C(C)=O)c1ccc(Cl)cc1C. The van der Waals surface area contributed by atoms with Crippen molar-refractivity contribution in [2.45, 2.75) is 34.1 Å². The van der Waals surface area contributed by atoms with Crippen LogP contribution in [-0.2, 0) is 16.0 Å². The third-order valence-corrected chi connectivity index (χ3v) is 4.37. The fourth-order valence-corrected chi connectivity index (χ4v) is 3.04. The molecule has 0 saturated carbocycles. The van der Waals surface area contributed by atoms with Crippen LogP contribution in [0, 0.1) is 13.8 Å². The highest BCUT2D eigenvalue weighted by atomic mass is 35.5. The van der Waals surface area contributed by atoms with Crippen LogP contribution in [0.3, 0.4) is 0 Å². The lowest BCUT2D eigenvalue weighted by Gasteiger charge is -2.23. The van der Waals surface area contributed by atoms with Gasteiger partial charge >= 0.3 is 0 Å². The van der Waals surface area contributed by atoms with Gasteiger partial charge in [-0.15, -0.1) is 0 Å². The highest BCUT2D eigenvalue weighted by Crippen LogP contribution is 2.25. The number of hydrogen-bond donors (Lipinski definition) is 1.